The van der Waals surface area contributed by atoms with E-state index in [-0.39, 0.29) is 12.8 Å². The summed E-state index contributed by atoms with van der Waals surface area (Å²) in [6, 6.07) is 0. The van der Waals surface area contributed by atoms with E-state index in [2.05, 4.69) is 9.48 Å². The molecule has 0 spiro atoms. The van der Waals surface area contributed by atoms with E-state index in [0.29, 0.717) is 6.54 Å². The highest BCUT2D eigenvalue weighted by atomic mass is 16.5. The third kappa shape index (κ3) is 2.19. The second kappa shape index (κ2) is 4.42. The third-order valence-corrected chi connectivity index (χ3v) is 2.15. The van der Waals surface area contributed by atoms with Gasteiger partial charge in [-0.25, -0.2) is 4.90 Å². The van der Waals surface area contributed by atoms with Crippen molar-refractivity contribution in [2.45, 2.75) is 13.2 Å². The summed E-state index contributed by atoms with van der Waals surface area (Å²) < 4.78 is 7.26. The molecule has 1 rings (SSSR count). The Balaban J connectivity index is 2.41. The zero-order chi connectivity index (χ0) is 8.97. The Morgan fingerprint density at radius 3 is 3.08 bits per heavy atom. The molecule has 0 saturated carbocycles. The van der Waals surface area contributed by atoms with Gasteiger partial charge in [0, 0.05) is 14.0 Å². The molecule has 0 aliphatic carbocycles. The summed E-state index contributed by atoms with van der Waals surface area (Å²) in [5.41, 5.74) is 0. The van der Waals surface area contributed by atoms with Crippen molar-refractivity contribution in [3.05, 3.63) is 0 Å². The van der Waals surface area contributed by atoms with Gasteiger partial charge in [0.05, 0.1) is 6.61 Å². The lowest BCUT2D eigenvalue weighted by atomic mass is 10.5. The van der Waals surface area contributed by atoms with Crippen molar-refractivity contribution in [3.8, 4) is 0 Å². The topological polar surface area (TPSA) is 35.7 Å². The Bertz CT molecular complexity index is 170. The number of aliphatic hydroxyl groups excluding tert-OH is 1. The number of ether oxygens (including phenoxy) is 1. The molecule has 0 aromatic heterocycles. The largest absolute Gasteiger partial charge is 0.392 e. The summed E-state index contributed by atoms with van der Waals surface area (Å²) in [5, 5.41) is 8.70. The van der Waals surface area contributed by atoms with Crippen LogP contribution < -0.4 is 0 Å². The van der Waals surface area contributed by atoms with Gasteiger partial charge in [-0.15, -0.1) is 0 Å². The monoisotopic (exact) mass is 173 g/mol. The predicted molar refractivity (Wildman–Crippen MR) is 46.3 cm³/mol. The second-order valence-corrected chi connectivity index (χ2v) is 2.95. The summed E-state index contributed by atoms with van der Waals surface area (Å²) in [7, 11) is 1.70. The molecule has 4 heteroatoms. The summed E-state index contributed by atoms with van der Waals surface area (Å²) in [6.45, 7) is 4.90. The standard InChI is InChI=1S/C8H17N2O2/c1-8(12-2)10-4-3-9(7-10)5-6-11/h7-8,11H,3-6H2,1-2H3/q+1. The molecule has 1 aliphatic rings. The summed E-state index contributed by atoms with van der Waals surface area (Å²) >= 11 is 0. The lowest BCUT2D eigenvalue weighted by Gasteiger charge is -2.13. The second-order valence-electron chi connectivity index (χ2n) is 2.95. The molecule has 0 radical (unpaired) electrons. The van der Waals surface area contributed by atoms with Gasteiger partial charge in [0.15, 0.2) is 6.23 Å². The summed E-state index contributed by atoms with van der Waals surface area (Å²) in [5.74, 6) is 0. The molecule has 0 fully saturated rings. The average molecular weight is 173 g/mol. The van der Waals surface area contributed by atoms with Crippen LogP contribution in [0.5, 0.6) is 0 Å². The highest BCUT2D eigenvalue weighted by Gasteiger charge is 2.23. The molecule has 1 heterocycles. The van der Waals surface area contributed by atoms with Crippen LogP contribution in [0.25, 0.3) is 0 Å². The first-order valence-corrected chi connectivity index (χ1v) is 4.26. The normalized spacial score (nSPS) is 19.6. The highest BCUT2D eigenvalue weighted by Crippen LogP contribution is 2.00. The quantitative estimate of drug-likeness (QED) is 0.573. The minimum absolute atomic E-state index is 0.133. The Kier molecular flexibility index (Phi) is 3.49. The zero-order valence-corrected chi connectivity index (χ0v) is 7.73. The molecule has 12 heavy (non-hydrogen) atoms. The fourth-order valence-electron chi connectivity index (χ4n) is 1.28. The molecular weight excluding hydrogens is 156 g/mol. The average Bonchev–Trinajstić information content (AvgIpc) is 2.52. The van der Waals surface area contributed by atoms with E-state index in [1.807, 2.05) is 13.3 Å². The van der Waals surface area contributed by atoms with E-state index in [4.69, 9.17) is 9.84 Å². The summed E-state index contributed by atoms with van der Waals surface area (Å²) in [6.07, 6.45) is 2.15. The van der Waals surface area contributed by atoms with E-state index >= 15 is 0 Å². The van der Waals surface area contributed by atoms with Gasteiger partial charge in [0.1, 0.15) is 19.6 Å². The first-order chi connectivity index (χ1) is 5.77. The third-order valence-electron chi connectivity index (χ3n) is 2.15. The van der Waals surface area contributed by atoms with Gasteiger partial charge >= 0.3 is 0 Å². The minimum Gasteiger partial charge on any atom is -0.392 e. The molecule has 0 bridgehead atoms. The first-order valence-electron chi connectivity index (χ1n) is 4.26. The van der Waals surface area contributed by atoms with Gasteiger partial charge in [-0.2, -0.15) is 0 Å². The maximum Gasteiger partial charge on any atom is 0.236 e. The smallest absolute Gasteiger partial charge is 0.236 e. The van der Waals surface area contributed by atoms with E-state index in [1.165, 1.54) is 0 Å². The maximum atomic E-state index is 8.70. The molecule has 0 amide bonds. The minimum atomic E-state index is 0.133. The number of nitrogens with zero attached hydrogens (tertiary/aromatic N) is 2. The molecular formula is C8H17N2O2+. The van der Waals surface area contributed by atoms with Gasteiger partial charge in [0.25, 0.3) is 0 Å². The van der Waals surface area contributed by atoms with E-state index in [0.717, 1.165) is 13.1 Å². The number of β-amino-alcohol motifs (C(OH)–C–C–N with tert-alkyl or cyclic N) is 1. The van der Waals surface area contributed by atoms with Crippen LogP contribution in [0, 0.1) is 0 Å². The molecule has 1 aliphatic heterocycles. The Morgan fingerprint density at radius 2 is 2.50 bits per heavy atom. The van der Waals surface area contributed by atoms with Gasteiger partial charge in [-0.1, -0.05) is 0 Å². The molecule has 0 aromatic rings. The van der Waals surface area contributed by atoms with Crippen LogP contribution in [0.1, 0.15) is 6.92 Å². The fourth-order valence-corrected chi connectivity index (χ4v) is 1.28. The van der Waals surface area contributed by atoms with Crippen molar-refractivity contribution in [1.29, 1.82) is 0 Å². The van der Waals surface area contributed by atoms with Crippen LogP contribution in [-0.2, 0) is 4.74 Å². The molecule has 0 aromatic carbocycles. The lowest BCUT2D eigenvalue weighted by Crippen LogP contribution is -2.31. The van der Waals surface area contributed by atoms with Gasteiger partial charge in [0.2, 0.25) is 6.34 Å². The van der Waals surface area contributed by atoms with Crippen molar-refractivity contribution in [2.24, 2.45) is 0 Å². The van der Waals surface area contributed by atoms with E-state index in [1.54, 1.807) is 7.11 Å². The van der Waals surface area contributed by atoms with Crippen LogP contribution >= 0.6 is 0 Å². The van der Waals surface area contributed by atoms with E-state index in [9.17, 15) is 0 Å². The fraction of sp³-hybridized carbons (Fsp3) is 0.875. The van der Waals surface area contributed by atoms with Crippen LogP contribution in [0.3, 0.4) is 0 Å². The van der Waals surface area contributed by atoms with Gasteiger partial charge in [-0.05, 0) is 0 Å². The zero-order valence-electron chi connectivity index (χ0n) is 7.73. The van der Waals surface area contributed by atoms with Crippen LogP contribution in [0.15, 0.2) is 0 Å². The number of aliphatic hydroxyl groups is 1. The van der Waals surface area contributed by atoms with Crippen LogP contribution in [-0.4, -0.2) is 60.5 Å². The molecule has 1 unspecified atom stereocenters. The molecule has 0 saturated heterocycles. The van der Waals surface area contributed by atoms with E-state index < -0.39 is 0 Å². The molecule has 70 valence electrons. The Morgan fingerprint density at radius 1 is 1.75 bits per heavy atom. The number of rotatable bonds is 4. The van der Waals surface area contributed by atoms with Gasteiger partial charge in [-0.3, -0.25) is 4.58 Å². The number of methoxy groups -OCH3 is 1. The number of hydrogen-bond donors (Lipinski definition) is 1. The lowest BCUT2D eigenvalue weighted by molar-refractivity contribution is -0.516. The van der Waals surface area contributed by atoms with Crippen LogP contribution in [0.4, 0.5) is 0 Å². The van der Waals surface area contributed by atoms with Crippen molar-refractivity contribution < 1.29 is 14.4 Å². The summed E-state index contributed by atoms with van der Waals surface area (Å²) in [4.78, 5) is 2.12. The SMILES string of the molecule is COC(C)N1C=[N+](CCO)CC1. The predicted octanol–water partition coefficient (Wildman–Crippen LogP) is -0.672. The first kappa shape index (κ1) is 9.48. The van der Waals surface area contributed by atoms with Crippen molar-refractivity contribution in [3.63, 3.8) is 0 Å². The number of hydrogen-bond acceptors (Lipinski definition) is 3. The van der Waals surface area contributed by atoms with Crippen molar-refractivity contribution in [2.75, 3.05) is 33.4 Å². The highest BCUT2D eigenvalue weighted by molar-refractivity contribution is 5.50. The maximum absolute atomic E-state index is 8.70. The van der Waals surface area contributed by atoms with Crippen molar-refractivity contribution >= 4 is 6.34 Å². The Labute approximate surface area is 73.1 Å². The molecule has 1 N–H and O–H groups in total. The van der Waals surface area contributed by atoms with Gasteiger partial charge < -0.3 is 9.84 Å². The molecule has 1 atom stereocenters. The van der Waals surface area contributed by atoms with Crippen molar-refractivity contribution in [1.82, 2.24) is 4.90 Å². The Hall–Kier alpha value is -0.610. The van der Waals surface area contributed by atoms with Crippen LogP contribution in [0.2, 0.25) is 0 Å². The molecule has 4 nitrogen and oxygen atoms in total.